The molecule has 10 heteroatoms. The zero-order chi connectivity index (χ0) is 25.4. The normalized spacial score (nSPS) is 20.0. The number of aromatic nitrogens is 4. The number of aryl methyl sites for hydroxylation is 1. The molecular formula is C26H32Cl2N6O2. The molecule has 8 nitrogen and oxygen atoms in total. The molecule has 2 atom stereocenters. The van der Waals surface area contributed by atoms with Gasteiger partial charge in [-0.05, 0) is 75.7 Å². The van der Waals surface area contributed by atoms with Crippen LogP contribution in [0.15, 0.2) is 24.4 Å². The van der Waals surface area contributed by atoms with E-state index in [0.29, 0.717) is 21.9 Å². The molecule has 0 spiro atoms. The van der Waals surface area contributed by atoms with Crippen LogP contribution in [0.2, 0.25) is 10.0 Å². The second kappa shape index (κ2) is 10.5. The first-order valence-corrected chi connectivity index (χ1v) is 13.4. The summed E-state index contributed by atoms with van der Waals surface area (Å²) in [7, 11) is 0. The highest BCUT2D eigenvalue weighted by atomic mass is 35.5. The zero-order valence-corrected chi connectivity index (χ0v) is 22.2. The van der Waals surface area contributed by atoms with Crippen LogP contribution in [0.1, 0.15) is 49.9 Å². The minimum absolute atomic E-state index is 0.104. The third kappa shape index (κ3) is 5.17. The summed E-state index contributed by atoms with van der Waals surface area (Å²) < 4.78 is 1.93. The fourth-order valence-corrected chi connectivity index (χ4v) is 6.12. The predicted octanol–water partition coefficient (Wildman–Crippen LogP) is 5.06. The molecular weight excluding hydrogens is 499 g/mol. The number of carboxylic acid groups (broad SMARTS) is 1. The second-order valence-electron chi connectivity index (χ2n) is 10.1. The molecule has 1 N–H and O–H groups in total. The number of piperidine rings is 1. The number of carbonyl (C=O) groups is 1. The SMILES string of the molecule is Cc1nn(C(C)c2ccc(Cl)cc2Cl)c2nc(N3CC([C@@H]4CCCN(CCCC(=O)O)C4)C3)ncc12. The molecule has 192 valence electrons. The fraction of sp³-hybridized carbons (Fsp3) is 0.538. The number of nitrogens with zero attached hydrogens (tertiary/aromatic N) is 6. The number of hydrogen-bond donors (Lipinski definition) is 1. The Kier molecular flexibility index (Phi) is 7.37. The van der Waals surface area contributed by atoms with E-state index in [1.54, 1.807) is 6.07 Å². The first kappa shape index (κ1) is 25.2. The lowest BCUT2D eigenvalue weighted by molar-refractivity contribution is -0.137. The van der Waals surface area contributed by atoms with Crippen LogP contribution in [0.4, 0.5) is 5.95 Å². The van der Waals surface area contributed by atoms with Gasteiger partial charge < -0.3 is 14.9 Å². The summed E-state index contributed by atoms with van der Waals surface area (Å²) in [4.78, 5) is 25.1. The van der Waals surface area contributed by atoms with Crippen LogP contribution in [0, 0.1) is 18.8 Å². The lowest BCUT2D eigenvalue weighted by Gasteiger charge is -2.46. The van der Waals surface area contributed by atoms with Gasteiger partial charge in [0.05, 0.1) is 17.1 Å². The van der Waals surface area contributed by atoms with E-state index in [1.165, 1.54) is 12.8 Å². The van der Waals surface area contributed by atoms with Crippen molar-refractivity contribution in [2.45, 2.75) is 45.6 Å². The van der Waals surface area contributed by atoms with E-state index in [9.17, 15) is 4.79 Å². The summed E-state index contributed by atoms with van der Waals surface area (Å²) in [5.41, 5.74) is 2.64. The molecule has 0 amide bonds. The van der Waals surface area contributed by atoms with Gasteiger partial charge in [-0.25, -0.2) is 9.67 Å². The lowest BCUT2D eigenvalue weighted by atomic mass is 9.80. The van der Waals surface area contributed by atoms with Crippen molar-refractivity contribution >= 4 is 46.2 Å². The number of likely N-dealkylation sites (tertiary alicyclic amines) is 1. The highest BCUT2D eigenvalue weighted by Crippen LogP contribution is 2.34. The molecule has 36 heavy (non-hydrogen) atoms. The summed E-state index contributed by atoms with van der Waals surface area (Å²) in [5, 5.41) is 15.8. The second-order valence-corrected chi connectivity index (χ2v) is 11.0. The Balaban J connectivity index is 1.27. The van der Waals surface area contributed by atoms with Gasteiger partial charge in [-0.3, -0.25) is 4.79 Å². The summed E-state index contributed by atoms with van der Waals surface area (Å²) in [6.45, 7) is 8.94. The molecule has 1 unspecified atom stereocenters. The summed E-state index contributed by atoms with van der Waals surface area (Å²) in [6, 6.07) is 5.44. The zero-order valence-electron chi connectivity index (χ0n) is 20.7. The number of fused-ring (bicyclic) bond motifs is 1. The number of carboxylic acids is 1. The molecule has 2 aliphatic rings. The smallest absolute Gasteiger partial charge is 0.303 e. The highest BCUT2D eigenvalue weighted by molar-refractivity contribution is 6.35. The van der Waals surface area contributed by atoms with Crippen LogP contribution >= 0.6 is 23.2 Å². The van der Waals surface area contributed by atoms with Crippen LogP contribution < -0.4 is 4.90 Å². The minimum atomic E-state index is -0.711. The molecule has 1 aromatic carbocycles. The number of rotatable bonds is 8. The van der Waals surface area contributed by atoms with E-state index < -0.39 is 5.97 Å². The van der Waals surface area contributed by atoms with Crippen LogP contribution in [0.5, 0.6) is 0 Å². The molecule has 2 aromatic heterocycles. The topological polar surface area (TPSA) is 87.4 Å². The molecule has 0 radical (unpaired) electrons. The third-order valence-electron chi connectivity index (χ3n) is 7.67. The summed E-state index contributed by atoms with van der Waals surface area (Å²) in [5.74, 6) is 1.29. The van der Waals surface area contributed by atoms with Gasteiger partial charge in [-0.2, -0.15) is 10.1 Å². The molecule has 0 bridgehead atoms. The summed E-state index contributed by atoms with van der Waals surface area (Å²) >= 11 is 12.6. The maximum atomic E-state index is 10.8. The maximum absolute atomic E-state index is 10.8. The highest BCUT2D eigenvalue weighted by Gasteiger charge is 2.37. The van der Waals surface area contributed by atoms with Crippen molar-refractivity contribution in [3.05, 3.63) is 45.7 Å². The number of anilines is 1. The van der Waals surface area contributed by atoms with Crippen LogP contribution in [0.25, 0.3) is 11.0 Å². The number of halogens is 2. The van der Waals surface area contributed by atoms with Crippen LogP contribution in [0.3, 0.4) is 0 Å². The Hall–Kier alpha value is -2.42. The average molecular weight is 531 g/mol. The van der Waals surface area contributed by atoms with Crippen molar-refractivity contribution in [1.29, 1.82) is 0 Å². The average Bonchev–Trinajstić information content (AvgIpc) is 3.14. The minimum Gasteiger partial charge on any atom is -0.481 e. The molecule has 5 rings (SSSR count). The Morgan fingerprint density at radius 2 is 2.03 bits per heavy atom. The van der Waals surface area contributed by atoms with E-state index in [0.717, 1.165) is 67.4 Å². The molecule has 3 aromatic rings. The van der Waals surface area contributed by atoms with Gasteiger partial charge in [0.15, 0.2) is 5.65 Å². The lowest BCUT2D eigenvalue weighted by Crippen LogP contribution is -2.54. The Labute approximate surface area is 221 Å². The van der Waals surface area contributed by atoms with Crippen molar-refractivity contribution in [3.63, 3.8) is 0 Å². The van der Waals surface area contributed by atoms with Gasteiger partial charge >= 0.3 is 5.97 Å². The van der Waals surface area contributed by atoms with E-state index in [1.807, 2.05) is 29.9 Å². The van der Waals surface area contributed by atoms with Gasteiger partial charge in [0, 0.05) is 42.3 Å². The Morgan fingerprint density at radius 1 is 1.22 bits per heavy atom. The van der Waals surface area contributed by atoms with E-state index >= 15 is 0 Å². The summed E-state index contributed by atoms with van der Waals surface area (Å²) in [6.07, 6.45) is 5.26. The number of aliphatic carboxylic acids is 1. The van der Waals surface area contributed by atoms with Crippen molar-refractivity contribution in [3.8, 4) is 0 Å². The van der Waals surface area contributed by atoms with Crippen molar-refractivity contribution in [1.82, 2.24) is 24.6 Å². The van der Waals surface area contributed by atoms with E-state index in [2.05, 4.69) is 21.7 Å². The first-order chi connectivity index (χ1) is 17.3. The standard InChI is InChI=1S/C26H32Cl2N6O2/c1-16-22-12-29-26(30-25(22)34(31-16)17(2)21-8-7-20(27)11-23(21)28)33-14-19(15-33)18-5-3-9-32(13-18)10-4-6-24(35)36/h7-8,11-12,17-19H,3-6,9-10,13-15H2,1-2H3,(H,35,36)/t17?,18-/m1/s1. The number of benzene rings is 1. The monoisotopic (exact) mass is 530 g/mol. The van der Waals surface area contributed by atoms with Gasteiger partial charge in [0.25, 0.3) is 0 Å². The van der Waals surface area contributed by atoms with Crippen molar-refractivity contribution < 1.29 is 9.90 Å². The molecule has 2 saturated heterocycles. The Bertz CT molecular complexity index is 1260. The van der Waals surface area contributed by atoms with Crippen molar-refractivity contribution in [2.24, 2.45) is 11.8 Å². The first-order valence-electron chi connectivity index (χ1n) is 12.7. The predicted molar refractivity (Wildman–Crippen MR) is 142 cm³/mol. The van der Waals surface area contributed by atoms with Crippen LogP contribution in [-0.2, 0) is 4.79 Å². The number of hydrogen-bond acceptors (Lipinski definition) is 6. The molecule has 4 heterocycles. The van der Waals surface area contributed by atoms with E-state index in [4.69, 9.17) is 38.4 Å². The van der Waals surface area contributed by atoms with E-state index in [-0.39, 0.29) is 12.5 Å². The quantitative estimate of drug-likeness (QED) is 0.435. The maximum Gasteiger partial charge on any atom is 0.303 e. The van der Waals surface area contributed by atoms with Crippen LogP contribution in [-0.4, -0.2) is 68.4 Å². The van der Waals surface area contributed by atoms with Gasteiger partial charge in [-0.15, -0.1) is 0 Å². The molecule has 2 aliphatic heterocycles. The molecule has 0 saturated carbocycles. The largest absolute Gasteiger partial charge is 0.481 e. The molecule has 2 fully saturated rings. The fourth-order valence-electron chi connectivity index (χ4n) is 5.56. The third-order valence-corrected chi connectivity index (χ3v) is 8.23. The van der Waals surface area contributed by atoms with Crippen molar-refractivity contribution in [2.75, 3.05) is 37.6 Å². The Morgan fingerprint density at radius 3 is 2.78 bits per heavy atom. The van der Waals surface area contributed by atoms with Gasteiger partial charge in [0.2, 0.25) is 5.95 Å². The molecule has 0 aliphatic carbocycles. The van der Waals surface area contributed by atoms with Gasteiger partial charge in [0.1, 0.15) is 0 Å². The van der Waals surface area contributed by atoms with Gasteiger partial charge in [-0.1, -0.05) is 29.3 Å².